The van der Waals surface area contributed by atoms with Gasteiger partial charge in [0.1, 0.15) is 11.8 Å². The van der Waals surface area contributed by atoms with Crippen LogP contribution in [0.4, 0.5) is 0 Å². The average Bonchev–Trinajstić information content (AvgIpc) is 2.66. The Kier molecular flexibility index (Phi) is 4.28. The first-order chi connectivity index (χ1) is 10.2. The molecule has 4 nitrogen and oxygen atoms in total. The van der Waals surface area contributed by atoms with E-state index in [-0.39, 0.29) is 16.9 Å². The first kappa shape index (κ1) is 16.5. The van der Waals surface area contributed by atoms with E-state index in [1.54, 1.807) is 6.08 Å². The predicted octanol–water partition coefficient (Wildman–Crippen LogP) is 2.86. The van der Waals surface area contributed by atoms with Crippen molar-refractivity contribution in [3.05, 3.63) is 35.0 Å². The molecule has 1 heterocycles. The molecule has 114 valence electrons. The number of rotatable bonds is 3. The van der Waals surface area contributed by atoms with Crippen LogP contribution in [0.1, 0.15) is 38.8 Å². The second kappa shape index (κ2) is 5.71. The summed E-state index contributed by atoms with van der Waals surface area (Å²) in [5.41, 5.74) is 2.42. The van der Waals surface area contributed by atoms with Gasteiger partial charge in [-0.1, -0.05) is 18.2 Å². The summed E-state index contributed by atoms with van der Waals surface area (Å²) in [6.07, 6.45) is 1.72. The lowest BCUT2D eigenvalue weighted by Gasteiger charge is -2.32. The Labute approximate surface area is 132 Å². The molecule has 1 aromatic rings. The molecule has 0 saturated carbocycles. The van der Waals surface area contributed by atoms with E-state index in [1.807, 2.05) is 58.9 Å². The van der Waals surface area contributed by atoms with Crippen molar-refractivity contribution in [1.82, 2.24) is 0 Å². The van der Waals surface area contributed by atoms with Crippen LogP contribution in [0, 0.1) is 18.3 Å². The molecule has 0 aliphatic carbocycles. The summed E-state index contributed by atoms with van der Waals surface area (Å²) in [5.74, 6) is 0. The standard InChI is InChI=1S/C17H21BN2O2/c1-12-13(10-14(11-19)20-6)8-7-9-15(12)18-21-16(2,3)17(4,5)22-18/h7-10H,6H2,1-5H3/b14-10-. The monoisotopic (exact) mass is 296 g/mol. The minimum absolute atomic E-state index is 0.286. The van der Waals surface area contributed by atoms with Crippen molar-refractivity contribution in [3.8, 4) is 6.07 Å². The molecule has 1 fully saturated rings. The highest BCUT2D eigenvalue weighted by atomic mass is 16.7. The lowest BCUT2D eigenvalue weighted by molar-refractivity contribution is 0.00578. The fourth-order valence-corrected chi connectivity index (χ4v) is 2.31. The fourth-order valence-electron chi connectivity index (χ4n) is 2.31. The maximum atomic E-state index is 8.99. The molecular weight excluding hydrogens is 275 g/mol. The molecule has 0 atom stereocenters. The third kappa shape index (κ3) is 2.85. The molecule has 0 unspecified atom stereocenters. The third-order valence-corrected chi connectivity index (χ3v) is 4.50. The van der Waals surface area contributed by atoms with Crippen LogP contribution in [-0.4, -0.2) is 25.0 Å². The van der Waals surface area contributed by atoms with Gasteiger partial charge >= 0.3 is 7.12 Å². The summed E-state index contributed by atoms with van der Waals surface area (Å²) in [6.45, 7) is 13.5. The Bertz CT molecular complexity index is 656. The summed E-state index contributed by atoms with van der Waals surface area (Å²) in [7, 11) is -0.416. The van der Waals surface area contributed by atoms with E-state index in [0.717, 1.165) is 16.6 Å². The van der Waals surface area contributed by atoms with Gasteiger partial charge in [-0.3, -0.25) is 4.99 Å². The fraction of sp³-hybridized carbons (Fsp3) is 0.412. The summed E-state index contributed by atoms with van der Waals surface area (Å²) in [5, 5.41) is 8.99. The maximum absolute atomic E-state index is 8.99. The average molecular weight is 296 g/mol. The van der Waals surface area contributed by atoms with Gasteiger partial charge in [-0.2, -0.15) is 5.26 Å². The Hall–Kier alpha value is -1.90. The number of benzene rings is 1. The molecule has 1 aliphatic heterocycles. The SMILES string of the molecule is C=N/C(C#N)=C\c1cccc(B2OC(C)(C)C(C)(C)O2)c1C. The van der Waals surface area contributed by atoms with Crippen molar-refractivity contribution < 1.29 is 9.31 Å². The van der Waals surface area contributed by atoms with Crippen LogP contribution < -0.4 is 5.46 Å². The summed E-state index contributed by atoms with van der Waals surface area (Å²) in [6, 6.07) is 7.87. The molecule has 0 aromatic heterocycles. The van der Waals surface area contributed by atoms with Gasteiger partial charge in [0.25, 0.3) is 0 Å². The van der Waals surface area contributed by atoms with Crippen LogP contribution >= 0.6 is 0 Å². The topological polar surface area (TPSA) is 54.6 Å². The van der Waals surface area contributed by atoms with Gasteiger partial charge in [0.15, 0.2) is 0 Å². The first-order valence-electron chi connectivity index (χ1n) is 7.25. The van der Waals surface area contributed by atoms with Crippen LogP contribution in [0.2, 0.25) is 0 Å². The zero-order valence-corrected chi connectivity index (χ0v) is 13.8. The molecule has 0 bridgehead atoms. The van der Waals surface area contributed by atoms with E-state index in [4.69, 9.17) is 14.6 Å². The molecule has 0 amide bonds. The van der Waals surface area contributed by atoms with Crippen molar-refractivity contribution in [1.29, 1.82) is 5.26 Å². The molecule has 2 rings (SSSR count). The van der Waals surface area contributed by atoms with Gasteiger partial charge in [-0.25, -0.2) is 0 Å². The zero-order valence-electron chi connectivity index (χ0n) is 13.8. The van der Waals surface area contributed by atoms with Crippen LogP contribution in [-0.2, 0) is 9.31 Å². The highest BCUT2D eigenvalue weighted by Crippen LogP contribution is 2.36. The van der Waals surface area contributed by atoms with E-state index in [2.05, 4.69) is 11.7 Å². The lowest BCUT2D eigenvalue weighted by atomic mass is 9.75. The summed E-state index contributed by atoms with van der Waals surface area (Å²) in [4.78, 5) is 3.70. The van der Waals surface area contributed by atoms with Crippen molar-refractivity contribution in [2.24, 2.45) is 4.99 Å². The molecule has 0 radical (unpaired) electrons. The molecule has 5 heteroatoms. The van der Waals surface area contributed by atoms with E-state index in [1.165, 1.54) is 0 Å². The molecule has 22 heavy (non-hydrogen) atoms. The number of nitriles is 1. The summed E-state index contributed by atoms with van der Waals surface area (Å²) >= 11 is 0. The quantitative estimate of drug-likeness (QED) is 0.489. The largest absolute Gasteiger partial charge is 0.495 e. The molecule has 1 aromatic carbocycles. The third-order valence-electron chi connectivity index (χ3n) is 4.50. The van der Waals surface area contributed by atoms with E-state index in [0.29, 0.717) is 0 Å². The summed E-state index contributed by atoms with van der Waals surface area (Å²) < 4.78 is 12.2. The van der Waals surface area contributed by atoms with E-state index >= 15 is 0 Å². The normalized spacial score (nSPS) is 19.8. The van der Waals surface area contributed by atoms with Crippen molar-refractivity contribution in [2.75, 3.05) is 0 Å². The molecular formula is C17H21BN2O2. The molecule has 1 aliphatic rings. The smallest absolute Gasteiger partial charge is 0.399 e. The second-order valence-electron chi connectivity index (χ2n) is 6.45. The Balaban J connectivity index is 2.42. The minimum atomic E-state index is -0.416. The van der Waals surface area contributed by atoms with Crippen molar-refractivity contribution in [3.63, 3.8) is 0 Å². The van der Waals surface area contributed by atoms with Crippen molar-refractivity contribution >= 4 is 25.4 Å². The van der Waals surface area contributed by atoms with Crippen LogP contribution in [0.25, 0.3) is 6.08 Å². The molecule has 1 saturated heterocycles. The number of allylic oxidation sites excluding steroid dienone is 1. The zero-order chi connectivity index (χ0) is 16.5. The van der Waals surface area contributed by atoms with Crippen LogP contribution in [0.5, 0.6) is 0 Å². The van der Waals surface area contributed by atoms with E-state index < -0.39 is 7.12 Å². The van der Waals surface area contributed by atoms with Gasteiger partial charge in [0.05, 0.1) is 11.2 Å². The molecule has 0 N–H and O–H groups in total. The number of hydrogen-bond donors (Lipinski definition) is 0. The number of hydrogen-bond acceptors (Lipinski definition) is 4. The molecule has 0 spiro atoms. The Morgan fingerprint density at radius 3 is 2.36 bits per heavy atom. The van der Waals surface area contributed by atoms with Crippen LogP contribution in [0.3, 0.4) is 0 Å². The Morgan fingerprint density at radius 1 is 1.27 bits per heavy atom. The van der Waals surface area contributed by atoms with E-state index in [9.17, 15) is 0 Å². The number of aliphatic imine (C=N–C) groups is 1. The Morgan fingerprint density at radius 2 is 1.86 bits per heavy atom. The first-order valence-corrected chi connectivity index (χ1v) is 7.25. The minimum Gasteiger partial charge on any atom is -0.399 e. The van der Waals surface area contributed by atoms with Crippen molar-refractivity contribution in [2.45, 2.75) is 45.8 Å². The van der Waals surface area contributed by atoms with Gasteiger partial charge in [-0.05, 0) is 64.0 Å². The maximum Gasteiger partial charge on any atom is 0.495 e. The highest BCUT2D eigenvalue weighted by Gasteiger charge is 2.52. The lowest BCUT2D eigenvalue weighted by Crippen LogP contribution is -2.41. The number of nitrogens with zero attached hydrogens (tertiary/aromatic N) is 2. The predicted molar refractivity (Wildman–Crippen MR) is 90.0 cm³/mol. The second-order valence-corrected chi connectivity index (χ2v) is 6.45. The van der Waals surface area contributed by atoms with Gasteiger partial charge in [0, 0.05) is 0 Å². The highest BCUT2D eigenvalue weighted by molar-refractivity contribution is 6.62. The van der Waals surface area contributed by atoms with Gasteiger partial charge in [-0.15, -0.1) is 0 Å². The van der Waals surface area contributed by atoms with Gasteiger partial charge in [0.2, 0.25) is 0 Å². The van der Waals surface area contributed by atoms with Crippen LogP contribution in [0.15, 0.2) is 28.9 Å². The van der Waals surface area contributed by atoms with Gasteiger partial charge < -0.3 is 9.31 Å².